The maximum Gasteiger partial charge on any atom is 0.305 e. The molecule has 0 saturated carbocycles. The number of hydrogen-bond acceptors (Lipinski definition) is 5. The highest BCUT2D eigenvalue weighted by Gasteiger charge is 2.20. The van der Waals surface area contributed by atoms with E-state index >= 15 is 0 Å². The number of aliphatic hydroxyl groups excluding tert-OH is 2. The van der Waals surface area contributed by atoms with Gasteiger partial charge in [0.1, 0.15) is 0 Å². The molecule has 0 saturated heterocycles. The summed E-state index contributed by atoms with van der Waals surface area (Å²) in [4.78, 5) is 24.7. The molecule has 0 aliphatic carbocycles. The standard InChI is InChI=1S/C69H133NO5/c1-3-5-7-9-11-13-15-17-19-21-23-24-25-26-27-28-29-33-37-41-45-49-53-57-61-67(72)66(65-71)70-68(73)62-58-54-50-46-42-38-34-31-32-36-40-44-48-52-56-60-64-75-69(74)63-59-55-51-47-43-39-35-30-22-20-18-16-14-12-10-8-6-4-2/h14,16,20,22,66-67,71-72H,3-13,15,17-19,21,23-65H2,1-2H3,(H,70,73)/b16-14-,22-20-. The van der Waals surface area contributed by atoms with Crippen molar-refractivity contribution >= 4 is 11.9 Å². The van der Waals surface area contributed by atoms with Crippen LogP contribution in [0, 0.1) is 0 Å². The molecule has 0 spiro atoms. The molecule has 0 aromatic rings. The van der Waals surface area contributed by atoms with Crippen LogP contribution in [0.15, 0.2) is 24.3 Å². The molecule has 2 unspecified atom stereocenters. The Balaban J connectivity index is 3.41. The Morgan fingerprint density at radius 3 is 1.03 bits per heavy atom. The van der Waals surface area contributed by atoms with Crippen molar-refractivity contribution in [3.8, 4) is 0 Å². The van der Waals surface area contributed by atoms with Crippen molar-refractivity contribution in [3.05, 3.63) is 24.3 Å². The predicted octanol–water partition coefficient (Wildman–Crippen LogP) is 21.8. The molecule has 0 aliphatic rings. The van der Waals surface area contributed by atoms with E-state index in [4.69, 9.17) is 4.74 Å². The number of esters is 1. The van der Waals surface area contributed by atoms with E-state index in [9.17, 15) is 19.8 Å². The lowest BCUT2D eigenvalue weighted by Gasteiger charge is -2.22. The lowest BCUT2D eigenvalue weighted by Crippen LogP contribution is -2.45. The molecular weight excluding hydrogens is 923 g/mol. The van der Waals surface area contributed by atoms with Crippen molar-refractivity contribution in [1.29, 1.82) is 0 Å². The van der Waals surface area contributed by atoms with Crippen molar-refractivity contribution in [3.63, 3.8) is 0 Å². The smallest absolute Gasteiger partial charge is 0.305 e. The number of carbonyl (C=O) groups excluding carboxylic acids is 2. The minimum absolute atomic E-state index is 0.00289. The molecule has 0 rings (SSSR count). The predicted molar refractivity (Wildman–Crippen MR) is 329 cm³/mol. The summed E-state index contributed by atoms with van der Waals surface area (Å²) in [5.41, 5.74) is 0. The molecule has 0 fully saturated rings. The van der Waals surface area contributed by atoms with Crippen molar-refractivity contribution in [2.45, 2.75) is 392 Å². The van der Waals surface area contributed by atoms with Gasteiger partial charge >= 0.3 is 5.97 Å². The Bertz CT molecular complexity index is 1170. The van der Waals surface area contributed by atoms with Gasteiger partial charge in [-0.3, -0.25) is 9.59 Å². The summed E-state index contributed by atoms with van der Waals surface area (Å²) < 4.78 is 5.49. The number of amides is 1. The van der Waals surface area contributed by atoms with Gasteiger partial charge in [-0.25, -0.2) is 0 Å². The Labute approximate surface area is 469 Å². The SMILES string of the molecule is CCCCCC/C=C\C/C=C\CCCCCCCCCC(=O)OCCCCCCCCCCCCCCCCCCC(=O)NC(CO)C(O)CCCCCCCCCCCCCCCCCCCCCCCCCC. The van der Waals surface area contributed by atoms with Crippen molar-refractivity contribution in [1.82, 2.24) is 5.32 Å². The van der Waals surface area contributed by atoms with Gasteiger partial charge in [-0.15, -0.1) is 0 Å². The summed E-state index contributed by atoms with van der Waals surface area (Å²) in [6.07, 6.45) is 80.6. The first-order valence-electron chi connectivity index (χ1n) is 34.1. The summed E-state index contributed by atoms with van der Waals surface area (Å²) in [6.45, 7) is 4.95. The highest BCUT2D eigenvalue weighted by Crippen LogP contribution is 2.19. The third-order valence-corrected chi connectivity index (χ3v) is 16.0. The molecule has 75 heavy (non-hydrogen) atoms. The average Bonchev–Trinajstić information content (AvgIpc) is 3.41. The van der Waals surface area contributed by atoms with Gasteiger partial charge in [-0.2, -0.15) is 0 Å². The molecule has 2 atom stereocenters. The van der Waals surface area contributed by atoms with Gasteiger partial charge in [-0.05, 0) is 57.8 Å². The molecule has 3 N–H and O–H groups in total. The minimum Gasteiger partial charge on any atom is -0.466 e. The monoisotopic (exact) mass is 1060 g/mol. The fourth-order valence-corrected chi connectivity index (χ4v) is 10.8. The van der Waals surface area contributed by atoms with Crippen LogP contribution in [0.4, 0.5) is 0 Å². The summed E-state index contributed by atoms with van der Waals surface area (Å²) in [5, 5.41) is 23.4. The van der Waals surface area contributed by atoms with Crippen LogP contribution < -0.4 is 5.32 Å². The highest BCUT2D eigenvalue weighted by atomic mass is 16.5. The molecule has 0 aromatic heterocycles. The molecule has 0 aliphatic heterocycles. The topological polar surface area (TPSA) is 95.9 Å². The zero-order valence-electron chi connectivity index (χ0n) is 50.8. The zero-order valence-corrected chi connectivity index (χ0v) is 50.8. The van der Waals surface area contributed by atoms with Gasteiger partial charge in [0.25, 0.3) is 0 Å². The van der Waals surface area contributed by atoms with Crippen LogP contribution >= 0.6 is 0 Å². The minimum atomic E-state index is -0.671. The van der Waals surface area contributed by atoms with Gasteiger partial charge in [-0.1, -0.05) is 334 Å². The van der Waals surface area contributed by atoms with E-state index in [1.165, 1.54) is 295 Å². The highest BCUT2D eigenvalue weighted by molar-refractivity contribution is 5.76. The van der Waals surface area contributed by atoms with Gasteiger partial charge in [0.2, 0.25) is 5.91 Å². The molecule has 0 heterocycles. The number of ether oxygens (including phenoxy) is 1. The summed E-state index contributed by atoms with van der Waals surface area (Å²) in [6, 6.07) is -0.549. The Kier molecular flexibility index (Phi) is 63.4. The fourth-order valence-electron chi connectivity index (χ4n) is 10.8. The van der Waals surface area contributed by atoms with Crippen LogP contribution in [0.3, 0.4) is 0 Å². The molecule has 1 amide bonds. The number of allylic oxidation sites excluding steroid dienone is 4. The third-order valence-electron chi connectivity index (χ3n) is 16.0. The van der Waals surface area contributed by atoms with E-state index in [0.717, 1.165) is 51.4 Å². The maximum atomic E-state index is 12.5. The van der Waals surface area contributed by atoms with E-state index in [2.05, 4.69) is 43.5 Å². The third kappa shape index (κ3) is 61.4. The van der Waals surface area contributed by atoms with E-state index in [1.807, 2.05) is 0 Å². The van der Waals surface area contributed by atoms with Gasteiger partial charge in [0, 0.05) is 12.8 Å². The Morgan fingerprint density at radius 1 is 0.373 bits per heavy atom. The number of carbonyl (C=O) groups is 2. The first-order valence-corrected chi connectivity index (χ1v) is 34.1. The van der Waals surface area contributed by atoms with Crippen molar-refractivity contribution < 1.29 is 24.5 Å². The number of nitrogens with one attached hydrogen (secondary N) is 1. The first-order chi connectivity index (χ1) is 37.0. The Hall–Kier alpha value is -1.66. The largest absolute Gasteiger partial charge is 0.466 e. The number of hydrogen-bond donors (Lipinski definition) is 3. The normalized spacial score (nSPS) is 12.6. The van der Waals surface area contributed by atoms with Crippen molar-refractivity contribution in [2.24, 2.45) is 0 Å². The molecule has 444 valence electrons. The lowest BCUT2D eigenvalue weighted by atomic mass is 10.0. The quantitative estimate of drug-likeness (QED) is 0.0320. The first kappa shape index (κ1) is 73.3. The second kappa shape index (κ2) is 64.9. The molecule has 0 radical (unpaired) electrons. The average molecular weight is 1060 g/mol. The number of rotatable bonds is 64. The summed E-state index contributed by atoms with van der Waals surface area (Å²) in [5.74, 6) is -0.0405. The van der Waals surface area contributed by atoms with Gasteiger partial charge in [0.15, 0.2) is 0 Å². The molecule has 0 aromatic carbocycles. The van der Waals surface area contributed by atoms with E-state index < -0.39 is 12.1 Å². The molecule has 0 bridgehead atoms. The van der Waals surface area contributed by atoms with Crippen LogP contribution in [0.1, 0.15) is 380 Å². The molecular formula is C69H133NO5. The number of aliphatic hydroxyl groups is 2. The van der Waals surface area contributed by atoms with Crippen LogP contribution in [-0.2, 0) is 14.3 Å². The van der Waals surface area contributed by atoms with Crippen LogP contribution in [-0.4, -0.2) is 47.4 Å². The van der Waals surface area contributed by atoms with E-state index in [1.54, 1.807) is 0 Å². The van der Waals surface area contributed by atoms with Crippen LogP contribution in [0.25, 0.3) is 0 Å². The van der Waals surface area contributed by atoms with Crippen LogP contribution in [0.5, 0.6) is 0 Å². The lowest BCUT2D eigenvalue weighted by molar-refractivity contribution is -0.143. The Morgan fingerprint density at radius 2 is 0.667 bits per heavy atom. The second-order valence-electron chi connectivity index (χ2n) is 23.5. The van der Waals surface area contributed by atoms with E-state index in [-0.39, 0.29) is 18.5 Å². The van der Waals surface area contributed by atoms with Crippen LogP contribution in [0.2, 0.25) is 0 Å². The zero-order chi connectivity index (χ0) is 54.3. The van der Waals surface area contributed by atoms with Gasteiger partial charge < -0.3 is 20.3 Å². The maximum absolute atomic E-state index is 12.5. The fraction of sp³-hybridized carbons (Fsp3) is 0.913. The summed E-state index contributed by atoms with van der Waals surface area (Å²) in [7, 11) is 0. The van der Waals surface area contributed by atoms with Gasteiger partial charge in [0.05, 0.1) is 25.4 Å². The van der Waals surface area contributed by atoms with E-state index in [0.29, 0.717) is 25.9 Å². The molecule has 6 nitrogen and oxygen atoms in total. The molecule has 6 heteroatoms. The number of unbranched alkanes of at least 4 members (excludes halogenated alkanes) is 49. The second-order valence-corrected chi connectivity index (χ2v) is 23.5. The van der Waals surface area contributed by atoms with Crippen molar-refractivity contribution in [2.75, 3.05) is 13.2 Å². The summed E-state index contributed by atoms with van der Waals surface area (Å²) >= 11 is 0.